The van der Waals surface area contributed by atoms with E-state index in [2.05, 4.69) is 23.6 Å². The smallest absolute Gasteiger partial charge is 0.0391 e. The van der Waals surface area contributed by atoms with Gasteiger partial charge in [-0.2, -0.15) is 11.8 Å². The molecule has 0 aromatic carbocycles. The molecule has 2 nitrogen and oxygen atoms in total. The molecule has 4 aliphatic carbocycles. The fraction of sp³-hybridized carbons (Fsp3) is 1.00. The van der Waals surface area contributed by atoms with E-state index in [0.29, 0.717) is 5.54 Å². The van der Waals surface area contributed by atoms with Gasteiger partial charge in [-0.05, 0) is 62.7 Å². The van der Waals surface area contributed by atoms with Crippen LogP contribution in [-0.2, 0) is 0 Å². The highest BCUT2D eigenvalue weighted by Crippen LogP contribution is 2.60. The van der Waals surface area contributed by atoms with Gasteiger partial charge in [0.1, 0.15) is 0 Å². The molecule has 5 fully saturated rings. The summed E-state index contributed by atoms with van der Waals surface area (Å²) in [6, 6.07) is 0.736. The number of thioether (sulfide) groups is 1. The zero-order chi connectivity index (χ0) is 13.0. The van der Waals surface area contributed by atoms with E-state index in [4.69, 9.17) is 5.73 Å². The lowest BCUT2D eigenvalue weighted by Gasteiger charge is -2.66. The zero-order valence-corrected chi connectivity index (χ0v) is 13.0. The summed E-state index contributed by atoms with van der Waals surface area (Å²) in [7, 11) is 0. The minimum Gasteiger partial charge on any atom is -0.329 e. The highest BCUT2D eigenvalue weighted by molar-refractivity contribution is 7.99. The largest absolute Gasteiger partial charge is 0.329 e. The predicted octanol–water partition coefficient (Wildman–Crippen LogP) is 2.58. The molecule has 1 saturated heterocycles. The van der Waals surface area contributed by atoms with Gasteiger partial charge in [-0.3, -0.25) is 4.90 Å². The van der Waals surface area contributed by atoms with Crippen LogP contribution in [0.2, 0.25) is 0 Å². The van der Waals surface area contributed by atoms with Gasteiger partial charge in [0, 0.05) is 36.2 Å². The molecule has 1 unspecified atom stereocenters. The molecule has 1 atom stereocenters. The summed E-state index contributed by atoms with van der Waals surface area (Å²) in [5.74, 6) is 6.57. The molecular formula is C16H28N2S. The van der Waals surface area contributed by atoms with Gasteiger partial charge in [0.2, 0.25) is 0 Å². The summed E-state index contributed by atoms with van der Waals surface area (Å²) < 4.78 is 0. The molecule has 0 radical (unpaired) electrons. The highest BCUT2D eigenvalue weighted by Gasteiger charge is 2.59. The van der Waals surface area contributed by atoms with Crippen molar-refractivity contribution in [2.75, 3.05) is 24.6 Å². The fourth-order valence-electron chi connectivity index (χ4n) is 6.27. The molecule has 19 heavy (non-hydrogen) atoms. The first kappa shape index (κ1) is 13.0. The van der Waals surface area contributed by atoms with Crippen LogP contribution < -0.4 is 5.73 Å². The van der Waals surface area contributed by atoms with Crippen LogP contribution in [0.15, 0.2) is 0 Å². The van der Waals surface area contributed by atoms with Gasteiger partial charge < -0.3 is 5.73 Å². The van der Waals surface area contributed by atoms with E-state index in [0.717, 1.165) is 36.3 Å². The number of nitrogens with zero attached hydrogens (tertiary/aromatic N) is 1. The first-order valence-electron chi connectivity index (χ1n) is 8.28. The van der Waals surface area contributed by atoms with Crippen molar-refractivity contribution in [2.24, 2.45) is 29.4 Å². The van der Waals surface area contributed by atoms with Crippen LogP contribution in [-0.4, -0.2) is 41.1 Å². The maximum atomic E-state index is 6.43. The average Bonchev–Trinajstić information content (AvgIpc) is 2.40. The van der Waals surface area contributed by atoms with Crippen LogP contribution in [0.3, 0.4) is 0 Å². The Balaban J connectivity index is 1.69. The first-order valence-corrected chi connectivity index (χ1v) is 9.44. The Morgan fingerprint density at radius 2 is 1.74 bits per heavy atom. The fourth-order valence-corrected chi connectivity index (χ4v) is 7.28. The third-order valence-corrected chi connectivity index (χ3v) is 7.97. The second-order valence-corrected chi connectivity index (χ2v) is 8.77. The van der Waals surface area contributed by atoms with Gasteiger partial charge in [0.25, 0.3) is 0 Å². The molecule has 2 N–H and O–H groups in total. The molecule has 0 amide bonds. The molecule has 1 heterocycles. The number of rotatable bonds is 2. The Morgan fingerprint density at radius 3 is 2.26 bits per heavy atom. The second-order valence-electron chi connectivity index (χ2n) is 7.62. The first-order chi connectivity index (χ1) is 9.24. The van der Waals surface area contributed by atoms with Crippen molar-refractivity contribution < 1.29 is 0 Å². The quantitative estimate of drug-likeness (QED) is 0.843. The maximum Gasteiger partial charge on any atom is 0.0391 e. The number of hydrogen-bond donors (Lipinski definition) is 1. The van der Waals surface area contributed by atoms with Gasteiger partial charge in [-0.15, -0.1) is 0 Å². The summed E-state index contributed by atoms with van der Waals surface area (Å²) in [6.45, 7) is 4.64. The molecule has 1 aliphatic heterocycles. The third-order valence-electron chi connectivity index (χ3n) is 6.78. The zero-order valence-electron chi connectivity index (χ0n) is 12.2. The van der Waals surface area contributed by atoms with Crippen molar-refractivity contribution in [3.63, 3.8) is 0 Å². The topological polar surface area (TPSA) is 29.3 Å². The Labute approximate surface area is 121 Å². The summed E-state index contributed by atoms with van der Waals surface area (Å²) in [5.41, 5.74) is 6.82. The summed E-state index contributed by atoms with van der Waals surface area (Å²) in [6.07, 6.45) is 7.49. The van der Waals surface area contributed by atoms with Crippen LogP contribution in [0, 0.1) is 23.7 Å². The van der Waals surface area contributed by atoms with Crippen LogP contribution in [0.25, 0.3) is 0 Å². The van der Waals surface area contributed by atoms with Crippen molar-refractivity contribution in [3.8, 4) is 0 Å². The van der Waals surface area contributed by atoms with Crippen molar-refractivity contribution >= 4 is 11.8 Å². The number of hydrogen-bond acceptors (Lipinski definition) is 3. The van der Waals surface area contributed by atoms with E-state index in [-0.39, 0.29) is 0 Å². The minimum atomic E-state index is 0.383. The number of nitrogens with two attached hydrogens (primary N) is 1. The van der Waals surface area contributed by atoms with E-state index in [1.807, 2.05) is 0 Å². The Bertz CT molecular complexity index is 329. The molecule has 4 saturated carbocycles. The minimum absolute atomic E-state index is 0.383. The van der Waals surface area contributed by atoms with Gasteiger partial charge in [-0.1, -0.05) is 0 Å². The predicted molar refractivity (Wildman–Crippen MR) is 82.3 cm³/mol. The SMILES string of the molecule is CC1CSCCN1C1(CN)C2CC3CC(C2)CC1C3. The van der Waals surface area contributed by atoms with Gasteiger partial charge in [-0.25, -0.2) is 0 Å². The van der Waals surface area contributed by atoms with Crippen molar-refractivity contribution in [3.05, 3.63) is 0 Å². The Hall–Kier alpha value is 0.270. The van der Waals surface area contributed by atoms with Gasteiger partial charge in [0.15, 0.2) is 0 Å². The highest BCUT2D eigenvalue weighted by atomic mass is 32.2. The maximum absolute atomic E-state index is 6.43. The molecule has 5 aliphatic rings. The monoisotopic (exact) mass is 280 g/mol. The lowest BCUT2D eigenvalue weighted by atomic mass is 9.48. The van der Waals surface area contributed by atoms with Crippen LogP contribution in [0.1, 0.15) is 39.0 Å². The molecule has 3 heteroatoms. The normalized spacial score (nSPS) is 53.7. The molecular weight excluding hydrogens is 252 g/mol. The van der Waals surface area contributed by atoms with Crippen molar-refractivity contribution in [1.82, 2.24) is 4.90 Å². The second kappa shape index (κ2) is 4.64. The van der Waals surface area contributed by atoms with E-state index < -0.39 is 0 Å². The molecule has 0 spiro atoms. The van der Waals surface area contributed by atoms with Gasteiger partial charge >= 0.3 is 0 Å². The molecule has 0 aromatic heterocycles. The van der Waals surface area contributed by atoms with Crippen LogP contribution >= 0.6 is 11.8 Å². The lowest BCUT2D eigenvalue weighted by molar-refractivity contribution is -0.139. The van der Waals surface area contributed by atoms with Gasteiger partial charge in [0.05, 0.1) is 0 Å². The Morgan fingerprint density at radius 1 is 1.11 bits per heavy atom. The summed E-state index contributed by atoms with van der Waals surface area (Å²) in [5, 5.41) is 0. The summed E-state index contributed by atoms with van der Waals surface area (Å²) in [4.78, 5) is 2.87. The van der Waals surface area contributed by atoms with E-state index >= 15 is 0 Å². The summed E-state index contributed by atoms with van der Waals surface area (Å²) >= 11 is 2.13. The molecule has 0 aromatic rings. The molecule has 5 rings (SSSR count). The molecule has 4 bridgehead atoms. The van der Waals surface area contributed by atoms with E-state index in [1.165, 1.54) is 43.7 Å². The Kier molecular flexibility index (Phi) is 3.17. The average molecular weight is 280 g/mol. The third kappa shape index (κ3) is 1.77. The van der Waals surface area contributed by atoms with Crippen molar-refractivity contribution in [1.29, 1.82) is 0 Å². The lowest BCUT2D eigenvalue weighted by Crippen LogP contribution is -2.71. The van der Waals surface area contributed by atoms with Crippen molar-refractivity contribution in [2.45, 2.75) is 50.6 Å². The van der Waals surface area contributed by atoms with Crippen LogP contribution in [0.4, 0.5) is 0 Å². The standard InChI is InChI=1S/C16H28N2S/c1-11-9-19-3-2-18(11)16(10-17)14-5-12-4-13(7-14)8-15(16)6-12/h11-15H,2-10,17H2,1H3. The van der Waals surface area contributed by atoms with E-state index in [9.17, 15) is 0 Å². The van der Waals surface area contributed by atoms with E-state index in [1.54, 1.807) is 6.42 Å². The molecule has 108 valence electrons. The van der Waals surface area contributed by atoms with Crippen LogP contribution in [0.5, 0.6) is 0 Å².